The van der Waals surface area contributed by atoms with E-state index in [0.29, 0.717) is 16.0 Å². The Morgan fingerprint density at radius 3 is 2.52 bits per heavy atom. The molecule has 164 valence electrons. The van der Waals surface area contributed by atoms with Crippen molar-refractivity contribution in [2.24, 2.45) is 0 Å². The van der Waals surface area contributed by atoms with Crippen molar-refractivity contribution in [3.63, 3.8) is 0 Å². The largest absolute Gasteiger partial charge is 0.423 e. The minimum Gasteiger partial charge on any atom is -0.423 e. The van der Waals surface area contributed by atoms with Gasteiger partial charge in [0.1, 0.15) is 16.9 Å². The molecule has 33 heavy (non-hydrogen) atoms. The van der Waals surface area contributed by atoms with Gasteiger partial charge in [-0.2, -0.15) is 0 Å². The zero-order chi connectivity index (χ0) is 23.2. The van der Waals surface area contributed by atoms with Crippen LogP contribution in [0.1, 0.15) is 21.5 Å². The Morgan fingerprint density at radius 1 is 0.970 bits per heavy atom. The molecular formula is C26H18ClNO5. The molecule has 0 spiro atoms. The lowest BCUT2D eigenvalue weighted by Gasteiger charge is -2.06. The van der Waals surface area contributed by atoms with Gasteiger partial charge in [-0.1, -0.05) is 60.1 Å². The standard InChI is InChI=1S/C26H18ClNO5/c27-22-9-5-4-8-18(22)11-13-24(29)32-20-12-10-19-14-21(26(31)33-23(19)15-20)25(30)28-16-17-6-2-1-3-7-17/h1-15H,16H2,(H,28,30)/b13-11+. The van der Waals surface area contributed by atoms with Crippen molar-refractivity contribution in [2.45, 2.75) is 6.54 Å². The molecule has 0 atom stereocenters. The fourth-order valence-electron chi connectivity index (χ4n) is 3.11. The van der Waals surface area contributed by atoms with E-state index in [4.69, 9.17) is 20.8 Å². The maximum absolute atomic E-state index is 12.5. The van der Waals surface area contributed by atoms with Gasteiger partial charge < -0.3 is 14.5 Å². The third-order valence-electron chi connectivity index (χ3n) is 4.77. The second kappa shape index (κ2) is 9.97. The van der Waals surface area contributed by atoms with Crippen LogP contribution in [-0.4, -0.2) is 11.9 Å². The van der Waals surface area contributed by atoms with Gasteiger partial charge in [0.2, 0.25) is 0 Å². The van der Waals surface area contributed by atoms with Crippen LogP contribution >= 0.6 is 11.6 Å². The van der Waals surface area contributed by atoms with Crippen LogP contribution < -0.4 is 15.7 Å². The fourth-order valence-corrected chi connectivity index (χ4v) is 3.30. The topological polar surface area (TPSA) is 85.6 Å². The van der Waals surface area contributed by atoms with E-state index in [-0.39, 0.29) is 23.4 Å². The average molecular weight is 460 g/mol. The van der Waals surface area contributed by atoms with Crippen molar-refractivity contribution in [1.82, 2.24) is 5.32 Å². The first-order valence-corrected chi connectivity index (χ1v) is 10.4. The Bertz CT molecular complexity index is 1410. The van der Waals surface area contributed by atoms with Crippen molar-refractivity contribution < 1.29 is 18.7 Å². The number of hydrogen-bond acceptors (Lipinski definition) is 5. The maximum Gasteiger partial charge on any atom is 0.349 e. The third kappa shape index (κ3) is 5.56. The number of benzene rings is 3. The number of carbonyl (C=O) groups excluding carboxylic acids is 2. The molecule has 4 rings (SSSR count). The number of hydrogen-bond donors (Lipinski definition) is 1. The smallest absolute Gasteiger partial charge is 0.349 e. The van der Waals surface area contributed by atoms with Crippen molar-refractivity contribution in [2.75, 3.05) is 0 Å². The average Bonchev–Trinajstić information content (AvgIpc) is 2.82. The van der Waals surface area contributed by atoms with E-state index in [1.807, 2.05) is 30.3 Å². The van der Waals surface area contributed by atoms with Gasteiger partial charge in [0, 0.05) is 29.1 Å². The Kier molecular flexibility index (Phi) is 6.66. The van der Waals surface area contributed by atoms with E-state index in [0.717, 1.165) is 5.56 Å². The molecule has 0 saturated carbocycles. The Morgan fingerprint density at radius 2 is 1.73 bits per heavy atom. The molecule has 1 heterocycles. The highest BCUT2D eigenvalue weighted by atomic mass is 35.5. The first-order chi connectivity index (χ1) is 16.0. The lowest BCUT2D eigenvalue weighted by atomic mass is 10.1. The van der Waals surface area contributed by atoms with Gasteiger partial charge in [0.25, 0.3) is 5.91 Å². The Labute approximate surface area is 194 Å². The normalized spacial score (nSPS) is 10.9. The van der Waals surface area contributed by atoms with E-state index in [2.05, 4.69) is 5.32 Å². The number of esters is 1. The summed E-state index contributed by atoms with van der Waals surface area (Å²) in [5.74, 6) is -0.955. The van der Waals surface area contributed by atoms with E-state index in [1.54, 1.807) is 42.5 Å². The summed E-state index contributed by atoms with van der Waals surface area (Å²) < 4.78 is 10.6. The molecule has 0 fully saturated rings. The minimum absolute atomic E-state index is 0.106. The lowest BCUT2D eigenvalue weighted by molar-refractivity contribution is -0.128. The molecule has 0 aliphatic rings. The molecule has 0 bridgehead atoms. The molecule has 1 amide bonds. The van der Waals surface area contributed by atoms with Gasteiger partial charge in [0.05, 0.1) is 0 Å². The first kappa shape index (κ1) is 22.0. The van der Waals surface area contributed by atoms with E-state index >= 15 is 0 Å². The molecule has 0 saturated heterocycles. The van der Waals surface area contributed by atoms with Crippen LogP contribution in [0.5, 0.6) is 5.75 Å². The van der Waals surface area contributed by atoms with Crippen molar-refractivity contribution >= 4 is 40.5 Å². The summed E-state index contributed by atoms with van der Waals surface area (Å²) in [7, 11) is 0. The van der Waals surface area contributed by atoms with Gasteiger partial charge in [-0.25, -0.2) is 9.59 Å². The number of nitrogens with one attached hydrogen (secondary N) is 1. The Balaban J connectivity index is 1.47. The van der Waals surface area contributed by atoms with Gasteiger partial charge in [-0.05, 0) is 41.5 Å². The summed E-state index contributed by atoms with van der Waals surface area (Å²) in [6.07, 6.45) is 2.80. The number of amides is 1. The van der Waals surface area contributed by atoms with E-state index < -0.39 is 17.5 Å². The second-order valence-corrected chi connectivity index (χ2v) is 7.50. The number of carbonyl (C=O) groups is 2. The first-order valence-electron chi connectivity index (χ1n) is 10.0. The monoisotopic (exact) mass is 459 g/mol. The van der Waals surface area contributed by atoms with Gasteiger partial charge in [0.15, 0.2) is 0 Å². The molecule has 0 aliphatic heterocycles. The quantitative estimate of drug-likeness (QED) is 0.190. The second-order valence-electron chi connectivity index (χ2n) is 7.09. The van der Waals surface area contributed by atoms with Gasteiger partial charge in [-0.3, -0.25) is 4.79 Å². The van der Waals surface area contributed by atoms with Gasteiger partial charge in [-0.15, -0.1) is 0 Å². The highest BCUT2D eigenvalue weighted by Gasteiger charge is 2.14. The summed E-state index contributed by atoms with van der Waals surface area (Å²) in [5.41, 5.74) is 0.894. The third-order valence-corrected chi connectivity index (χ3v) is 5.11. The molecule has 3 aromatic carbocycles. The molecule has 7 heteroatoms. The van der Waals surface area contributed by atoms with E-state index in [1.165, 1.54) is 18.2 Å². The number of fused-ring (bicyclic) bond motifs is 1. The Hall–Kier alpha value is -4.16. The summed E-state index contributed by atoms with van der Waals surface area (Å²) in [6, 6.07) is 22.5. The molecule has 0 aliphatic carbocycles. The van der Waals surface area contributed by atoms with Crippen LogP contribution in [0.4, 0.5) is 0 Å². The zero-order valence-electron chi connectivity index (χ0n) is 17.3. The maximum atomic E-state index is 12.5. The molecule has 1 N–H and O–H groups in total. The van der Waals surface area contributed by atoms with Crippen LogP contribution in [0.3, 0.4) is 0 Å². The number of halogens is 1. The molecule has 6 nitrogen and oxygen atoms in total. The summed E-state index contributed by atoms with van der Waals surface area (Å²) in [4.78, 5) is 36.9. The molecule has 1 aromatic heterocycles. The lowest BCUT2D eigenvalue weighted by Crippen LogP contribution is -2.27. The van der Waals surface area contributed by atoms with Crippen molar-refractivity contribution in [3.05, 3.63) is 117 Å². The van der Waals surface area contributed by atoms with Crippen molar-refractivity contribution in [3.8, 4) is 5.75 Å². The van der Waals surface area contributed by atoms with Crippen LogP contribution in [0.2, 0.25) is 5.02 Å². The van der Waals surface area contributed by atoms with Crippen LogP contribution in [-0.2, 0) is 11.3 Å². The predicted molar refractivity (Wildman–Crippen MR) is 126 cm³/mol. The molecule has 4 aromatic rings. The minimum atomic E-state index is -0.782. The van der Waals surface area contributed by atoms with Crippen molar-refractivity contribution in [1.29, 1.82) is 0 Å². The molecule has 0 radical (unpaired) electrons. The highest BCUT2D eigenvalue weighted by Crippen LogP contribution is 2.21. The van der Waals surface area contributed by atoms with E-state index in [9.17, 15) is 14.4 Å². The van der Waals surface area contributed by atoms with Crippen LogP contribution in [0, 0.1) is 0 Å². The molecular weight excluding hydrogens is 442 g/mol. The van der Waals surface area contributed by atoms with Crippen LogP contribution in [0.15, 0.2) is 94.2 Å². The predicted octanol–water partition coefficient (Wildman–Crippen LogP) is 5.00. The fraction of sp³-hybridized carbons (Fsp3) is 0.0385. The summed E-state index contributed by atoms with van der Waals surface area (Å²) >= 11 is 6.06. The van der Waals surface area contributed by atoms with Gasteiger partial charge >= 0.3 is 11.6 Å². The summed E-state index contributed by atoms with van der Waals surface area (Å²) in [6.45, 7) is 0.285. The zero-order valence-corrected chi connectivity index (χ0v) is 18.0. The number of rotatable bonds is 6. The highest BCUT2D eigenvalue weighted by molar-refractivity contribution is 6.32. The number of ether oxygens (including phenoxy) is 1. The van der Waals surface area contributed by atoms with Crippen LogP contribution in [0.25, 0.3) is 17.0 Å². The summed E-state index contributed by atoms with van der Waals surface area (Å²) in [5, 5.41) is 3.74. The molecule has 0 unspecified atom stereocenters. The SMILES string of the molecule is O=C(/C=C/c1ccccc1Cl)Oc1ccc2cc(C(=O)NCc3ccccc3)c(=O)oc2c1.